The van der Waals surface area contributed by atoms with Crippen LogP contribution in [0.3, 0.4) is 0 Å². The lowest BCUT2D eigenvalue weighted by Crippen LogP contribution is -2.13. The van der Waals surface area contributed by atoms with Gasteiger partial charge in [-0.1, -0.05) is 79.7 Å². The van der Waals surface area contributed by atoms with Crippen molar-refractivity contribution in [2.75, 3.05) is 21.3 Å². The Balaban J connectivity index is 0.000000176. The lowest BCUT2D eigenvalue weighted by molar-refractivity contribution is -0.118. The molecule has 12 rings (SSSR count). The van der Waals surface area contributed by atoms with Crippen LogP contribution >= 0.6 is 0 Å². The van der Waals surface area contributed by atoms with Crippen molar-refractivity contribution >= 4 is 101 Å². The number of hydrogen-bond acceptors (Lipinski definition) is 15. The molecular weight excluding hydrogens is 1330 g/mol. The number of Topliss-reactive ketones (excluding diaryl/α,β-unsaturated/α-hetero) is 6. The summed E-state index contributed by atoms with van der Waals surface area (Å²) in [5.41, 5.74) is 12.5. The van der Waals surface area contributed by atoms with E-state index in [0.29, 0.717) is 64.1 Å². The molecule has 0 unspecified atom stereocenters. The third-order valence-corrected chi connectivity index (χ3v) is 17.5. The van der Waals surface area contributed by atoms with Gasteiger partial charge in [-0.15, -0.1) is 0 Å². The van der Waals surface area contributed by atoms with Crippen LogP contribution in [0.4, 0.5) is 4.39 Å². The summed E-state index contributed by atoms with van der Waals surface area (Å²) >= 11 is 0. The summed E-state index contributed by atoms with van der Waals surface area (Å²) in [6.45, 7) is 19.9. The van der Waals surface area contributed by atoms with Crippen molar-refractivity contribution in [3.8, 4) is 0 Å². The number of imidazole rings is 6. The van der Waals surface area contributed by atoms with E-state index in [0.717, 1.165) is 180 Å². The Morgan fingerprint density at radius 3 is 0.876 bits per heavy atom. The Labute approximate surface area is 616 Å². The van der Waals surface area contributed by atoms with Crippen molar-refractivity contribution in [2.24, 2.45) is 0 Å². The Kier molecular flexibility index (Phi) is 33.9. The molecule has 0 aliphatic carbocycles. The standard InChI is InChI=1S/C15H20N2O.C14H19N3O.2C14H18N2O2.C13H15FN2O.C13H16N2O/c1-3-7-15-16-13-9-4-5-10-14(13)17(15)11-6-8-12(2)18;1-11(18)6-5-9-17-13-8-4-3-7-12(13)16-14(17)10-15-2;2*1-11(17)6-5-9-16-13-8-4-3-7-12(13)15-14(16)10-18-2;1-10(17)5-4-8-16-12-7-3-2-6-11(12)15-13(16)9-14;1-10(16)6-5-9-15-11(2)14-12-7-3-4-8-13(12)15/h4-5,9-10H,3,6-8,11H2,1-2H3;3-4,7-8,15H,5-6,9-10H2,1-2H3;2*3-4,7-8H,5-6,9-10H2,1-2H3;2-3,6-7H,4-5,8-9H2,1H3;3-4,7-8H,5-6,9H2,1-2H3. The number of methoxy groups -OCH3 is 2. The summed E-state index contributed by atoms with van der Waals surface area (Å²) in [5.74, 6) is 6.85. The van der Waals surface area contributed by atoms with Crippen molar-refractivity contribution in [3.63, 3.8) is 0 Å². The predicted molar refractivity (Wildman–Crippen MR) is 416 cm³/mol. The maximum absolute atomic E-state index is 12.9. The van der Waals surface area contributed by atoms with E-state index >= 15 is 0 Å². The van der Waals surface area contributed by atoms with E-state index in [9.17, 15) is 33.2 Å². The number of carbonyl (C=O) groups is 6. The molecule has 558 valence electrons. The van der Waals surface area contributed by atoms with Gasteiger partial charge >= 0.3 is 0 Å². The number of carbonyl (C=O) groups excluding carboxylic acids is 6. The highest BCUT2D eigenvalue weighted by atomic mass is 19.1. The quantitative estimate of drug-likeness (QED) is 0.0402. The molecular formula is C83H106FN13O8. The SMILES string of the molecule is CC(=O)CCCn1c(C)nc2ccccc21.CC(=O)CCCn1c(CF)nc2ccccc21.CCCc1nc2ccccc2n1CCCC(C)=O.CNCc1nc2ccccc2n1CCCC(C)=O.COCc1nc2ccccc2n1CCCC(C)=O.COCc1nc2ccccc2n1CCCC(C)=O. The topological polar surface area (TPSA) is 240 Å². The number of aryl methyl sites for hydroxylation is 8. The largest absolute Gasteiger partial charge is 0.377 e. The van der Waals surface area contributed by atoms with Crippen LogP contribution in [-0.2, 0) is 110 Å². The van der Waals surface area contributed by atoms with Gasteiger partial charge in [0, 0.05) is 98.4 Å². The van der Waals surface area contributed by atoms with E-state index in [2.05, 4.69) is 101 Å². The number of hydrogen-bond donors (Lipinski definition) is 1. The fourth-order valence-electron chi connectivity index (χ4n) is 12.6. The van der Waals surface area contributed by atoms with Gasteiger partial charge in [0.25, 0.3) is 0 Å². The zero-order valence-corrected chi connectivity index (χ0v) is 63.3. The summed E-state index contributed by atoms with van der Waals surface area (Å²) in [6.07, 6.45) is 10.8. The van der Waals surface area contributed by atoms with Gasteiger partial charge in [-0.2, -0.15) is 0 Å². The van der Waals surface area contributed by atoms with Crippen molar-refractivity contribution < 1.29 is 42.6 Å². The van der Waals surface area contributed by atoms with Gasteiger partial charge in [0.1, 0.15) is 89.5 Å². The molecule has 6 aromatic carbocycles. The monoisotopic (exact) mass is 1430 g/mol. The number of alkyl halides is 1. The molecule has 0 amide bonds. The number of aromatic nitrogens is 12. The van der Waals surface area contributed by atoms with Gasteiger partial charge in [-0.25, -0.2) is 34.3 Å². The highest BCUT2D eigenvalue weighted by Crippen LogP contribution is 2.24. The molecule has 0 bridgehead atoms. The average molecular weight is 1430 g/mol. The Morgan fingerprint density at radius 2 is 0.590 bits per heavy atom. The Hall–Kier alpha value is -10.0. The molecule has 0 aliphatic rings. The lowest BCUT2D eigenvalue weighted by Gasteiger charge is -2.08. The second-order valence-electron chi connectivity index (χ2n) is 26.3. The van der Waals surface area contributed by atoms with Crippen LogP contribution < -0.4 is 5.32 Å². The predicted octanol–water partition coefficient (Wildman–Crippen LogP) is 16.2. The maximum Gasteiger partial charge on any atom is 0.147 e. The minimum Gasteiger partial charge on any atom is -0.377 e. The van der Waals surface area contributed by atoms with Crippen LogP contribution in [0.1, 0.15) is 167 Å². The van der Waals surface area contributed by atoms with Crippen LogP contribution in [0, 0.1) is 6.92 Å². The Morgan fingerprint density at radius 1 is 0.352 bits per heavy atom. The van der Waals surface area contributed by atoms with Crippen molar-refractivity contribution in [1.29, 1.82) is 0 Å². The van der Waals surface area contributed by atoms with Crippen LogP contribution in [0.2, 0.25) is 0 Å². The molecule has 0 spiro atoms. The molecule has 0 radical (unpaired) electrons. The number of fused-ring (bicyclic) bond motifs is 6. The first-order valence-corrected chi connectivity index (χ1v) is 36.6. The normalized spacial score (nSPS) is 11.0. The summed E-state index contributed by atoms with van der Waals surface area (Å²) < 4.78 is 36.0. The summed E-state index contributed by atoms with van der Waals surface area (Å²) in [6, 6.07) is 48.1. The second-order valence-corrected chi connectivity index (χ2v) is 26.3. The van der Waals surface area contributed by atoms with E-state index < -0.39 is 6.67 Å². The summed E-state index contributed by atoms with van der Waals surface area (Å²) in [4.78, 5) is 92.9. The fourth-order valence-corrected chi connectivity index (χ4v) is 12.6. The van der Waals surface area contributed by atoms with Crippen molar-refractivity contribution in [3.05, 3.63) is 181 Å². The van der Waals surface area contributed by atoms with Crippen LogP contribution in [0.25, 0.3) is 66.2 Å². The molecule has 0 atom stereocenters. The molecule has 6 aromatic heterocycles. The van der Waals surface area contributed by atoms with E-state index in [1.54, 1.807) is 55.8 Å². The van der Waals surface area contributed by atoms with Crippen LogP contribution in [0.5, 0.6) is 0 Å². The fraction of sp³-hybridized carbons (Fsp3) is 0.422. The number of nitrogens with zero attached hydrogens (tertiary/aromatic N) is 12. The number of ketones is 6. The first-order chi connectivity index (χ1) is 50.8. The molecule has 0 saturated carbocycles. The number of nitrogens with one attached hydrogen (secondary N) is 1. The molecule has 105 heavy (non-hydrogen) atoms. The van der Waals surface area contributed by atoms with Crippen LogP contribution in [-0.4, -0.2) is 113 Å². The number of benzene rings is 6. The van der Waals surface area contributed by atoms with E-state index in [4.69, 9.17) is 9.47 Å². The smallest absolute Gasteiger partial charge is 0.147 e. The molecule has 0 aliphatic heterocycles. The number of halogens is 1. The minimum atomic E-state index is -0.575. The number of ether oxygens (including phenoxy) is 2. The van der Waals surface area contributed by atoms with E-state index in [-0.39, 0.29) is 34.7 Å². The first-order valence-electron chi connectivity index (χ1n) is 36.6. The summed E-state index contributed by atoms with van der Waals surface area (Å²) in [5, 5.41) is 3.13. The third-order valence-electron chi connectivity index (χ3n) is 17.5. The average Bonchev–Trinajstić information content (AvgIpc) is 1.71. The maximum atomic E-state index is 12.9. The molecule has 6 heterocycles. The zero-order chi connectivity index (χ0) is 75.6. The van der Waals surface area contributed by atoms with Crippen molar-refractivity contribution in [2.45, 2.75) is 211 Å². The first kappa shape index (κ1) is 82.3. The molecule has 1 N–H and O–H groups in total. The van der Waals surface area contributed by atoms with Gasteiger partial charge in [0.05, 0.1) is 72.7 Å². The van der Waals surface area contributed by atoms with Gasteiger partial charge in [0.2, 0.25) is 0 Å². The molecule has 21 nitrogen and oxygen atoms in total. The molecule has 12 aromatic rings. The van der Waals surface area contributed by atoms with Crippen molar-refractivity contribution in [1.82, 2.24) is 62.6 Å². The van der Waals surface area contributed by atoms with Gasteiger partial charge in [0.15, 0.2) is 0 Å². The van der Waals surface area contributed by atoms with Gasteiger partial charge in [-0.3, -0.25) is 0 Å². The second kappa shape index (κ2) is 43.3. The van der Waals surface area contributed by atoms with Gasteiger partial charge in [-0.05, 0) is 173 Å². The number of rotatable bonds is 33. The lowest BCUT2D eigenvalue weighted by atomic mass is 10.2. The van der Waals surface area contributed by atoms with E-state index in [1.165, 1.54) is 5.52 Å². The highest BCUT2D eigenvalue weighted by Gasteiger charge is 2.16. The molecule has 0 fully saturated rings. The molecule has 22 heteroatoms. The zero-order valence-electron chi connectivity index (χ0n) is 63.3. The highest BCUT2D eigenvalue weighted by molar-refractivity contribution is 5.81. The minimum absolute atomic E-state index is 0.163. The summed E-state index contributed by atoms with van der Waals surface area (Å²) in [7, 11) is 5.25. The third kappa shape index (κ3) is 25.1. The van der Waals surface area contributed by atoms with E-state index in [1.807, 2.05) is 128 Å². The van der Waals surface area contributed by atoms with Crippen LogP contribution in [0.15, 0.2) is 146 Å². The molecule has 0 saturated heterocycles. The number of para-hydroxylation sites is 12. The Bertz CT molecular complexity index is 4360. The van der Waals surface area contributed by atoms with Gasteiger partial charge < -0.3 is 71.0 Å².